The summed E-state index contributed by atoms with van der Waals surface area (Å²) in [5.41, 5.74) is 7.11. The smallest absolute Gasteiger partial charge is 0.0589 e. The summed E-state index contributed by atoms with van der Waals surface area (Å²) in [7, 11) is 0. The minimum absolute atomic E-state index is 0.243. The lowest BCUT2D eigenvalue weighted by Gasteiger charge is -2.36. The van der Waals surface area contributed by atoms with Crippen LogP contribution >= 0.6 is 23.5 Å². The van der Waals surface area contributed by atoms with Gasteiger partial charge < -0.3 is 0 Å². The van der Waals surface area contributed by atoms with Gasteiger partial charge in [-0.1, -0.05) is 32.0 Å². The molecular weight excluding hydrogens is 272 g/mol. The molecule has 0 aliphatic carbocycles. The van der Waals surface area contributed by atoms with Crippen molar-refractivity contribution in [3.05, 3.63) is 34.9 Å². The predicted octanol–water partition coefficient (Wildman–Crippen LogP) is 3.43. The highest BCUT2D eigenvalue weighted by molar-refractivity contribution is 8.07. The van der Waals surface area contributed by atoms with Crippen LogP contribution in [-0.4, -0.2) is 21.5 Å². The molecule has 0 spiro atoms. The van der Waals surface area contributed by atoms with E-state index in [1.165, 1.54) is 22.4 Å². The molecule has 3 N–H and O–H groups in total. The Hall–Kier alpha value is -0.160. The van der Waals surface area contributed by atoms with Crippen molar-refractivity contribution in [3.8, 4) is 0 Å². The number of nitrogens with one attached hydrogen (secondary N) is 1. The van der Waals surface area contributed by atoms with Gasteiger partial charge in [0.15, 0.2) is 0 Å². The summed E-state index contributed by atoms with van der Waals surface area (Å²) in [6, 6.07) is 6.75. The summed E-state index contributed by atoms with van der Waals surface area (Å²) in [4.78, 5) is 0. The first-order chi connectivity index (χ1) is 9.04. The van der Waals surface area contributed by atoms with Gasteiger partial charge in [0.2, 0.25) is 0 Å². The summed E-state index contributed by atoms with van der Waals surface area (Å²) in [5.74, 6) is 7.03. The monoisotopic (exact) mass is 296 g/mol. The molecule has 2 rings (SSSR count). The molecule has 1 fully saturated rings. The van der Waals surface area contributed by atoms with Gasteiger partial charge in [-0.05, 0) is 30.5 Å². The molecule has 1 heterocycles. The maximum absolute atomic E-state index is 5.86. The highest BCUT2D eigenvalue weighted by atomic mass is 32.2. The topological polar surface area (TPSA) is 38.0 Å². The number of hydrogen-bond acceptors (Lipinski definition) is 4. The molecule has 1 aliphatic rings. The van der Waals surface area contributed by atoms with E-state index in [2.05, 4.69) is 74.8 Å². The zero-order valence-electron chi connectivity index (χ0n) is 12.1. The minimum Gasteiger partial charge on any atom is -0.271 e. The molecule has 4 atom stereocenters. The number of thioether (sulfide) groups is 2. The second-order valence-corrected chi connectivity index (χ2v) is 8.38. The van der Waals surface area contributed by atoms with E-state index in [1.807, 2.05) is 0 Å². The van der Waals surface area contributed by atoms with Gasteiger partial charge >= 0.3 is 0 Å². The van der Waals surface area contributed by atoms with Gasteiger partial charge in [0.1, 0.15) is 0 Å². The Bertz CT molecular complexity index is 436. The zero-order chi connectivity index (χ0) is 14.0. The third-order valence-corrected chi connectivity index (χ3v) is 7.60. The molecule has 0 radical (unpaired) electrons. The SMILES string of the molecule is Cc1cccc(C(NN)C2CSC(C)C(C)S2)c1C. The Morgan fingerprint density at radius 3 is 2.63 bits per heavy atom. The first-order valence-electron chi connectivity index (χ1n) is 6.84. The van der Waals surface area contributed by atoms with E-state index in [0.29, 0.717) is 10.5 Å². The molecule has 4 unspecified atom stereocenters. The normalized spacial score (nSPS) is 29.2. The largest absolute Gasteiger partial charge is 0.271 e. The molecule has 0 saturated carbocycles. The summed E-state index contributed by atoms with van der Waals surface area (Å²) in [5, 5.41) is 1.96. The number of benzene rings is 1. The van der Waals surface area contributed by atoms with Gasteiger partial charge in [-0.2, -0.15) is 23.5 Å². The van der Waals surface area contributed by atoms with Crippen LogP contribution in [0.3, 0.4) is 0 Å². The fourth-order valence-corrected chi connectivity index (χ4v) is 5.58. The standard InChI is InChI=1S/C15H24N2S2/c1-9-6-5-7-13(10(9)2)15(17-16)14-8-18-11(3)12(4)19-14/h5-7,11-12,14-15,17H,8,16H2,1-4H3. The second kappa shape index (κ2) is 6.53. The number of aryl methyl sites for hydroxylation is 1. The summed E-state index contributed by atoms with van der Waals surface area (Å²) in [6.45, 7) is 9.01. The molecule has 0 aromatic heterocycles. The Kier molecular flexibility index (Phi) is 5.23. The van der Waals surface area contributed by atoms with E-state index < -0.39 is 0 Å². The molecule has 1 aromatic carbocycles. The minimum atomic E-state index is 0.243. The number of rotatable bonds is 3. The van der Waals surface area contributed by atoms with Gasteiger partial charge in [-0.3, -0.25) is 11.3 Å². The first-order valence-corrected chi connectivity index (χ1v) is 8.83. The fourth-order valence-electron chi connectivity index (χ4n) is 2.49. The molecule has 1 saturated heterocycles. The van der Waals surface area contributed by atoms with Crippen LogP contribution in [0.15, 0.2) is 18.2 Å². The van der Waals surface area contributed by atoms with E-state index in [1.54, 1.807) is 0 Å². The van der Waals surface area contributed by atoms with Crippen LogP contribution in [0.4, 0.5) is 0 Å². The highest BCUT2D eigenvalue weighted by Crippen LogP contribution is 2.41. The van der Waals surface area contributed by atoms with Crippen molar-refractivity contribution in [1.82, 2.24) is 5.43 Å². The summed E-state index contributed by atoms with van der Waals surface area (Å²) in [6.07, 6.45) is 0. The van der Waals surface area contributed by atoms with E-state index in [4.69, 9.17) is 5.84 Å². The van der Waals surface area contributed by atoms with Gasteiger partial charge in [0, 0.05) is 21.5 Å². The Morgan fingerprint density at radius 2 is 2.00 bits per heavy atom. The van der Waals surface area contributed by atoms with E-state index in [0.717, 1.165) is 5.25 Å². The molecule has 1 aromatic rings. The molecule has 0 bridgehead atoms. The lowest BCUT2D eigenvalue weighted by atomic mass is 9.96. The van der Waals surface area contributed by atoms with E-state index >= 15 is 0 Å². The van der Waals surface area contributed by atoms with Crippen molar-refractivity contribution in [2.24, 2.45) is 5.84 Å². The van der Waals surface area contributed by atoms with Crippen LogP contribution in [0.5, 0.6) is 0 Å². The maximum Gasteiger partial charge on any atom is 0.0589 e. The molecule has 0 amide bonds. The number of hydrazine groups is 1. The van der Waals surface area contributed by atoms with Crippen LogP contribution in [0, 0.1) is 13.8 Å². The number of hydrogen-bond donors (Lipinski definition) is 2. The van der Waals surface area contributed by atoms with Crippen molar-refractivity contribution in [2.45, 2.75) is 49.5 Å². The Balaban J connectivity index is 2.22. The third-order valence-electron chi connectivity index (χ3n) is 4.11. The number of nitrogens with two attached hydrogens (primary N) is 1. The fraction of sp³-hybridized carbons (Fsp3) is 0.600. The summed E-state index contributed by atoms with van der Waals surface area (Å²) < 4.78 is 0. The van der Waals surface area contributed by atoms with E-state index in [9.17, 15) is 0 Å². The zero-order valence-corrected chi connectivity index (χ0v) is 13.8. The van der Waals surface area contributed by atoms with Gasteiger partial charge in [-0.15, -0.1) is 0 Å². The third kappa shape index (κ3) is 3.30. The quantitative estimate of drug-likeness (QED) is 0.662. The molecule has 1 aliphatic heterocycles. The van der Waals surface area contributed by atoms with Crippen LogP contribution in [0.25, 0.3) is 0 Å². The van der Waals surface area contributed by atoms with Crippen LogP contribution < -0.4 is 11.3 Å². The lowest BCUT2D eigenvalue weighted by molar-refractivity contribution is 0.547. The molecule has 4 heteroatoms. The van der Waals surface area contributed by atoms with Crippen LogP contribution in [-0.2, 0) is 0 Å². The molecule has 106 valence electrons. The average molecular weight is 297 g/mol. The van der Waals surface area contributed by atoms with Crippen LogP contribution in [0.1, 0.15) is 36.6 Å². The van der Waals surface area contributed by atoms with Crippen molar-refractivity contribution >= 4 is 23.5 Å². The summed E-state index contributed by atoms with van der Waals surface area (Å²) >= 11 is 4.14. The lowest BCUT2D eigenvalue weighted by Crippen LogP contribution is -2.40. The Morgan fingerprint density at radius 1 is 1.26 bits per heavy atom. The maximum atomic E-state index is 5.86. The molecular formula is C15H24N2S2. The average Bonchev–Trinajstić information content (AvgIpc) is 2.39. The van der Waals surface area contributed by atoms with Crippen LogP contribution in [0.2, 0.25) is 0 Å². The van der Waals surface area contributed by atoms with Gasteiger partial charge in [0.25, 0.3) is 0 Å². The highest BCUT2D eigenvalue weighted by Gasteiger charge is 2.32. The predicted molar refractivity (Wildman–Crippen MR) is 88.7 cm³/mol. The van der Waals surface area contributed by atoms with Gasteiger partial charge in [0.05, 0.1) is 6.04 Å². The van der Waals surface area contributed by atoms with Crippen molar-refractivity contribution in [2.75, 3.05) is 5.75 Å². The van der Waals surface area contributed by atoms with Crippen molar-refractivity contribution < 1.29 is 0 Å². The second-order valence-electron chi connectivity index (χ2n) is 5.35. The van der Waals surface area contributed by atoms with Crippen molar-refractivity contribution in [3.63, 3.8) is 0 Å². The van der Waals surface area contributed by atoms with E-state index in [-0.39, 0.29) is 6.04 Å². The Labute approximate surface area is 125 Å². The van der Waals surface area contributed by atoms with Crippen molar-refractivity contribution in [1.29, 1.82) is 0 Å². The first kappa shape index (κ1) is 15.2. The molecule has 2 nitrogen and oxygen atoms in total. The molecule has 19 heavy (non-hydrogen) atoms. The van der Waals surface area contributed by atoms with Gasteiger partial charge in [-0.25, -0.2) is 0 Å².